The summed E-state index contributed by atoms with van der Waals surface area (Å²) in [6.45, 7) is 1.41. The highest BCUT2D eigenvalue weighted by Gasteiger charge is 2.22. The summed E-state index contributed by atoms with van der Waals surface area (Å²) in [4.78, 5) is 36.0. The number of nitrogens with one attached hydrogen (secondary N) is 1. The van der Waals surface area contributed by atoms with Crippen LogP contribution in [0, 0.1) is 5.82 Å². The van der Waals surface area contributed by atoms with Crippen molar-refractivity contribution < 1.29 is 23.5 Å². The number of primary amides is 1. The van der Waals surface area contributed by atoms with Crippen molar-refractivity contribution in [2.45, 2.75) is 13.0 Å². The third-order valence-electron chi connectivity index (χ3n) is 3.50. The Bertz CT molecular complexity index is 1010. The molecule has 6 nitrogen and oxygen atoms in total. The number of rotatable bonds is 5. The van der Waals surface area contributed by atoms with Gasteiger partial charge < -0.3 is 15.8 Å². The van der Waals surface area contributed by atoms with Crippen molar-refractivity contribution in [3.8, 4) is 0 Å². The number of anilines is 1. The lowest BCUT2D eigenvalue weighted by molar-refractivity contribution is -0.123. The standard InChI is InChI=1S/C17H13FN2O4S2/c1-8(15(22)20-16-11(14(19)21)4-5-25-16)24-17(23)13-7-9-6-10(18)2-3-12(9)26-13/h2-8H,1H3,(H2,19,21)(H,20,22)/t8-/m1/s1. The van der Waals surface area contributed by atoms with Crippen molar-refractivity contribution in [3.63, 3.8) is 0 Å². The zero-order valence-corrected chi connectivity index (χ0v) is 15.1. The highest BCUT2D eigenvalue weighted by atomic mass is 32.1. The summed E-state index contributed by atoms with van der Waals surface area (Å²) in [5.74, 6) is -2.33. The van der Waals surface area contributed by atoms with Gasteiger partial charge in [-0.3, -0.25) is 9.59 Å². The van der Waals surface area contributed by atoms with Gasteiger partial charge in [-0.25, -0.2) is 9.18 Å². The number of ether oxygens (including phenoxy) is 1. The zero-order chi connectivity index (χ0) is 18.8. The van der Waals surface area contributed by atoms with Crippen LogP contribution in [0.25, 0.3) is 10.1 Å². The minimum Gasteiger partial charge on any atom is -0.448 e. The molecule has 1 aromatic carbocycles. The third kappa shape index (κ3) is 3.73. The van der Waals surface area contributed by atoms with Gasteiger partial charge in [0, 0.05) is 4.70 Å². The van der Waals surface area contributed by atoms with E-state index in [2.05, 4.69) is 5.32 Å². The molecule has 0 fully saturated rings. The average molecular weight is 392 g/mol. The number of halogens is 1. The first-order valence-corrected chi connectivity index (χ1v) is 9.13. The number of benzene rings is 1. The summed E-state index contributed by atoms with van der Waals surface area (Å²) >= 11 is 2.28. The molecule has 0 saturated carbocycles. The van der Waals surface area contributed by atoms with Crippen LogP contribution in [0.1, 0.15) is 27.0 Å². The molecule has 0 unspecified atom stereocenters. The molecule has 26 heavy (non-hydrogen) atoms. The Labute approximate surface area is 155 Å². The fourth-order valence-electron chi connectivity index (χ4n) is 2.20. The van der Waals surface area contributed by atoms with Crippen LogP contribution in [0.3, 0.4) is 0 Å². The average Bonchev–Trinajstić information content (AvgIpc) is 3.20. The second kappa shape index (κ2) is 7.22. The number of hydrogen-bond donors (Lipinski definition) is 2. The normalized spacial score (nSPS) is 11.9. The maximum absolute atomic E-state index is 13.2. The Hall–Kier alpha value is -2.78. The summed E-state index contributed by atoms with van der Waals surface area (Å²) in [7, 11) is 0. The number of nitrogens with two attached hydrogens (primary N) is 1. The van der Waals surface area contributed by atoms with Crippen molar-refractivity contribution >= 4 is 55.5 Å². The van der Waals surface area contributed by atoms with Crippen LogP contribution in [0.2, 0.25) is 0 Å². The molecule has 0 bridgehead atoms. The lowest BCUT2D eigenvalue weighted by atomic mass is 10.2. The Morgan fingerprint density at radius 1 is 1.23 bits per heavy atom. The van der Waals surface area contributed by atoms with Gasteiger partial charge in [0.15, 0.2) is 6.10 Å². The summed E-state index contributed by atoms with van der Waals surface area (Å²) in [6, 6.07) is 7.21. The molecule has 0 radical (unpaired) electrons. The number of carbonyl (C=O) groups excluding carboxylic acids is 3. The van der Waals surface area contributed by atoms with Crippen LogP contribution in [0.15, 0.2) is 35.7 Å². The second-order valence-electron chi connectivity index (χ2n) is 5.36. The number of fused-ring (bicyclic) bond motifs is 1. The van der Waals surface area contributed by atoms with Gasteiger partial charge in [-0.05, 0) is 48.0 Å². The number of hydrogen-bond acceptors (Lipinski definition) is 6. The fourth-order valence-corrected chi connectivity index (χ4v) is 3.92. The Balaban J connectivity index is 1.68. The van der Waals surface area contributed by atoms with E-state index in [0.29, 0.717) is 10.4 Å². The zero-order valence-electron chi connectivity index (χ0n) is 13.4. The van der Waals surface area contributed by atoms with Gasteiger partial charge in [0.2, 0.25) is 0 Å². The van der Waals surface area contributed by atoms with Crippen LogP contribution in [0.5, 0.6) is 0 Å². The first-order valence-electron chi connectivity index (χ1n) is 7.43. The van der Waals surface area contributed by atoms with Crippen LogP contribution in [-0.4, -0.2) is 23.9 Å². The molecular weight excluding hydrogens is 379 g/mol. The molecule has 2 aromatic heterocycles. The lowest BCUT2D eigenvalue weighted by Crippen LogP contribution is -2.30. The summed E-state index contributed by atoms with van der Waals surface area (Å²) < 4.78 is 19.1. The maximum atomic E-state index is 13.2. The summed E-state index contributed by atoms with van der Waals surface area (Å²) in [6.07, 6.45) is -1.09. The molecule has 0 saturated heterocycles. The fraction of sp³-hybridized carbons (Fsp3) is 0.118. The Morgan fingerprint density at radius 3 is 2.73 bits per heavy atom. The highest BCUT2D eigenvalue weighted by Crippen LogP contribution is 2.27. The van der Waals surface area contributed by atoms with Gasteiger partial charge >= 0.3 is 5.97 Å². The maximum Gasteiger partial charge on any atom is 0.349 e. The van der Waals surface area contributed by atoms with E-state index in [1.807, 2.05) is 0 Å². The summed E-state index contributed by atoms with van der Waals surface area (Å²) in [5, 5.41) is 5.01. The minimum absolute atomic E-state index is 0.188. The number of thiophene rings is 2. The molecule has 3 aromatic rings. The van der Waals surface area contributed by atoms with Gasteiger partial charge in [0.25, 0.3) is 11.8 Å². The van der Waals surface area contributed by atoms with Crippen LogP contribution in [0.4, 0.5) is 9.39 Å². The minimum atomic E-state index is -1.09. The number of carbonyl (C=O) groups is 3. The first-order chi connectivity index (χ1) is 12.3. The van der Waals surface area contributed by atoms with Gasteiger partial charge in [-0.15, -0.1) is 22.7 Å². The van der Waals surface area contributed by atoms with Crippen LogP contribution < -0.4 is 11.1 Å². The molecule has 1 atom stereocenters. The lowest BCUT2D eigenvalue weighted by Gasteiger charge is -2.12. The molecule has 2 heterocycles. The van der Waals surface area contributed by atoms with E-state index in [0.717, 1.165) is 27.4 Å². The smallest absolute Gasteiger partial charge is 0.349 e. The van der Waals surface area contributed by atoms with E-state index in [-0.39, 0.29) is 10.4 Å². The molecular formula is C17H13FN2O4S2. The third-order valence-corrected chi connectivity index (χ3v) is 5.43. The summed E-state index contributed by atoms with van der Waals surface area (Å²) in [5.41, 5.74) is 5.41. The van der Waals surface area contributed by atoms with Crippen molar-refractivity contribution in [1.82, 2.24) is 0 Å². The monoisotopic (exact) mass is 392 g/mol. The molecule has 3 N–H and O–H groups in total. The molecule has 0 aliphatic rings. The van der Waals surface area contributed by atoms with Gasteiger partial charge in [-0.1, -0.05) is 0 Å². The van der Waals surface area contributed by atoms with Crippen molar-refractivity contribution in [2.24, 2.45) is 5.73 Å². The molecule has 134 valence electrons. The molecule has 2 amide bonds. The van der Waals surface area contributed by atoms with E-state index < -0.39 is 29.7 Å². The molecule has 0 aliphatic carbocycles. The van der Waals surface area contributed by atoms with E-state index in [9.17, 15) is 18.8 Å². The SMILES string of the molecule is C[C@@H](OC(=O)c1cc2cc(F)ccc2s1)C(=O)Nc1sccc1C(N)=O. The van der Waals surface area contributed by atoms with E-state index >= 15 is 0 Å². The van der Waals surface area contributed by atoms with Gasteiger partial charge in [0.1, 0.15) is 15.7 Å². The molecule has 9 heteroatoms. The molecule has 0 aliphatic heterocycles. The Kier molecular flexibility index (Phi) is 5.01. The number of esters is 1. The van der Waals surface area contributed by atoms with Gasteiger partial charge in [0.05, 0.1) is 5.56 Å². The van der Waals surface area contributed by atoms with E-state index in [1.54, 1.807) is 11.4 Å². The van der Waals surface area contributed by atoms with E-state index in [4.69, 9.17) is 10.5 Å². The predicted molar refractivity (Wildman–Crippen MR) is 98.1 cm³/mol. The predicted octanol–water partition coefficient (Wildman–Crippen LogP) is 3.38. The molecule has 0 spiro atoms. The van der Waals surface area contributed by atoms with E-state index in [1.165, 1.54) is 31.2 Å². The topological polar surface area (TPSA) is 98.5 Å². The van der Waals surface area contributed by atoms with Crippen LogP contribution >= 0.6 is 22.7 Å². The first kappa shape index (κ1) is 18.0. The quantitative estimate of drug-likeness (QED) is 0.650. The number of amides is 2. The van der Waals surface area contributed by atoms with Crippen molar-refractivity contribution in [3.05, 3.63) is 52.0 Å². The van der Waals surface area contributed by atoms with Crippen LogP contribution in [-0.2, 0) is 9.53 Å². The van der Waals surface area contributed by atoms with Crippen molar-refractivity contribution in [2.75, 3.05) is 5.32 Å². The Morgan fingerprint density at radius 2 is 2.00 bits per heavy atom. The van der Waals surface area contributed by atoms with Crippen molar-refractivity contribution in [1.29, 1.82) is 0 Å². The highest BCUT2D eigenvalue weighted by molar-refractivity contribution is 7.20. The second-order valence-corrected chi connectivity index (χ2v) is 7.36. The largest absolute Gasteiger partial charge is 0.448 e. The van der Waals surface area contributed by atoms with Gasteiger partial charge in [-0.2, -0.15) is 0 Å². The molecule has 3 rings (SSSR count).